The Morgan fingerprint density at radius 3 is 2.37 bits per heavy atom. The predicted octanol–water partition coefficient (Wildman–Crippen LogP) is 3.62. The number of benzene rings is 2. The van der Waals surface area contributed by atoms with Crippen molar-refractivity contribution in [3.8, 4) is 0 Å². The normalized spacial score (nSPS) is 11.4. The minimum absolute atomic E-state index is 0.284. The molecule has 6 heteroatoms. The molecule has 1 amide bonds. The van der Waals surface area contributed by atoms with Crippen molar-refractivity contribution in [2.75, 3.05) is 6.61 Å². The maximum atomic E-state index is 12.3. The van der Waals surface area contributed by atoms with Crippen molar-refractivity contribution in [3.63, 3.8) is 0 Å². The van der Waals surface area contributed by atoms with E-state index >= 15 is 0 Å². The van der Waals surface area contributed by atoms with Crippen molar-refractivity contribution in [1.29, 1.82) is 0 Å². The molecule has 0 aliphatic heterocycles. The van der Waals surface area contributed by atoms with Gasteiger partial charge in [-0.3, -0.25) is 9.59 Å². The average molecular weight is 379 g/mol. The lowest BCUT2D eigenvalue weighted by molar-refractivity contribution is -0.124. The van der Waals surface area contributed by atoms with Crippen LogP contribution in [-0.2, 0) is 9.53 Å². The molecule has 0 bridgehead atoms. The monoisotopic (exact) mass is 379 g/mol. The zero-order chi connectivity index (χ0) is 19.1. The fourth-order valence-electron chi connectivity index (χ4n) is 2.53. The number of nitrogens with one attached hydrogen (secondary N) is 1. The number of aldehydes is 1. The third kappa shape index (κ3) is 4.89. The second kappa shape index (κ2) is 8.91. The number of carbonyl (C=O) groups is 3. The molecule has 5 nitrogen and oxygen atoms in total. The highest BCUT2D eigenvalue weighted by Gasteiger charge is 2.19. The van der Waals surface area contributed by atoms with E-state index < -0.39 is 11.9 Å². The van der Waals surface area contributed by atoms with Crippen LogP contribution in [0.1, 0.15) is 37.2 Å². The van der Waals surface area contributed by atoms with Crippen LogP contribution in [0.25, 0.3) is 0 Å². The Kier molecular flexibility index (Phi) is 6.12. The minimum atomic E-state index is -0.616. The van der Waals surface area contributed by atoms with E-state index in [-0.39, 0.29) is 18.2 Å². The maximum absolute atomic E-state index is 12.3. The maximum Gasteiger partial charge on any atom is 0.338 e. The van der Waals surface area contributed by atoms with E-state index in [2.05, 4.69) is 5.32 Å². The van der Waals surface area contributed by atoms with Gasteiger partial charge < -0.3 is 10.1 Å². The van der Waals surface area contributed by atoms with Gasteiger partial charge in [0.05, 0.1) is 11.6 Å². The van der Waals surface area contributed by atoms with Crippen LogP contribution in [0.4, 0.5) is 0 Å². The molecule has 1 N–H and O–H groups in total. The molecule has 0 unspecified atom stereocenters. The highest BCUT2D eigenvalue weighted by atomic mass is 32.1. The molecular formula is C21H17NO4S. The molecule has 136 valence electrons. The Balaban J connectivity index is 1.62. The van der Waals surface area contributed by atoms with E-state index in [0.717, 1.165) is 10.4 Å². The van der Waals surface area contributed by atoms with Gasteiger partial charge in [-0.05, 0) is 29.1 Å². The zero-order valence-electron chi connectivity index (χ0n) is 14.3. The lowest BCUT2D eigenvalue weighted by atomic mass is 10.1. The van der Waals surface area contributed by atoms with E-state index in [0.29, 0.717) is 11.8 Å². The van der Waals surface area contributed by atoms with E-state index in [1.807, 2.05) is 47.8 Å². The standard InChI is InChI=1S/C21H17NO4S/c23-13-15-8-10-17(11-9-15)21(25)26-14-19(24)22-20(18-7-4-12-27-18)16-5-2-1-3-6-16/h1-13,20H,14H2,(H,22,24)/t20-/m0/s1. The molecule has 27 heavy (non-hydrogen) atoms. The molecule has 3 rings (SSSR count). The molecule has 1 atom stereocenters. The largest absolute Gasteiger partial charge is 0.452 e. The first-order valence-corrected chi connectivity index (χ1v) is 9.15. The molecule has 0 saturated carbocycles. The Hall–Kier alpha value is -3.25. The highest BCUT2D eigenvalue weighted by Crippen LogP contribution is 2.25. The summed E-state index contributed by atoms with van der Waals surface area (Å²) in [5.41, 5.74) is 1.70. The van der Waals surface area contributed by atoms with Gasteiger partial charge in [0.2, 0.25) is 0 Å². The number of esters is 1. The summed E-state index contributed by atoms with van der Waals surface area (Å²) in [6.45, 7) is -0.386. The summed E-state index contributed by atoms with van der Waals surface area (Å²) >= 11 is 1.54. The summed E-state index contributed by atoms with van der Waals surface area (Å²) in [6.07, 6.45) is 0.691. The van der Waals surface area contributed by atoms with E-state index in [9.17, 15) is 14.4 Å². The van der Waals surface area contributed by atoms with Crippen LogP contribution in [0.15, 0.2) is 72.1 Å². The molecule has 0 saturated heterocycles. The van der Waals surface area contributed by atoms with Crippen molar-refractivity contribution in [2.45, 2.75) is 6.04 Å². The van der Waals surface area contributed by atoms with Crippen molar-refractivity contribution >= 4 is 29.5 Å². The minimum Gasteiger partial charge on any atom is -0.452 e. The Morgan fingerprint density at radius 1 is 1.00 bits per heavy atom. The summed E-state index contributed by atoms with van der Waals surface area (Å²) in [5.74, 6) is -1.01. The summed E-state index contributed by atoms with van der Waals surface area (Å²) in [4.78, 5) is 36.0. The van der Waals surface area contributed by atoms with Crippen molar-refractivity contribution in [2.24, 2.45) is 0 Å². The number of hydrogen-bond acceptors (Lipinski definition) is 5. The molecule has 0 aliphatic rings. The van der Waals surface area contributed by atoms with Gasteiger partial charge in [0, 0.05) is 10.4 Å². The van der Waals surface area contributed by atoms with Crippen LogP contribution >= 0.6 is 11.3 Å². The molecule has 3 aromatic rings. The van der Waals surface area contributed by atoms with Crippen molar-refractivity contribution in [1.82, 2.24) is 5.32 Å². The molecule has 2 aromatic carbocycles. The average Bonchev–Trinajstić information content (AvgIpc) is 3.25. The Bertz CT molecular complexity index is 905. The Morgan fingerprint density at radius 2 is 1.74 bits per heavy atom. The van der Waals surface area contributed by atoms with Crippen LogP contribution in [0.3, 0.4) is 0 Å². The van der Waals surface area contributed by atoms with Gasteiger partial charge in [-0.25, -0.2) is 4.79 Å². The smallest absolute Gasteiger partial charge is 0.338 e. The predicted molar refractivity (Wildman–Crippen MR) is 103 cm³/mol. The van der Waals surface area contributed by atoms with Gasteiger partial charge >= 0.3 is 5.97 Å². The third-order valence-electron chi connectivity index (χ3n) is 3.88. The van der Waals surface area contributed by atoms with Gasteiger partial charge in [-0.2, -0.15) is 0 Å². The lowest BCUT2D eigenvalue weighted by Gasteiger charge is -2.18. The number of carbonyl (C=O) groups excluding carboxylic acids is 3. The number of hydrogen-bond donors (Lipinski definition) is 1. The topological polar surface area (TPSA) is 72.5 Å². The molecular weight excluding hydrogens is 362 g/mol. The SMILES string of the molecule is O=Cc1ccc(C(=O)OCC(=O)N[C@@H](c2ccccc2)c2cccs2)cc1. The van der Waals surface area contributed by atoms with Crippen LogP contribution in [0.5, 0.6) is 0 Å². The van der Waals surface area contributed by atoms with Crippen molar-refractivity contribution < 1.29 is 19.1 Å². The molecule has 0 radical (unpaired) electrons. The first kappa shape index (κ1) is 18.5. The van der Waals surface area contributed by atoms with E-state index in [1.54, 1.807) is 11.3 Å². The molecule has 0 aliphatic carbocycles. The van der Waals surface area contributed by atoms with Crippen LogP contribution in [0, 0.1) is 0 Å². The summed E-state index contributed by atoms with van der Waals surface area (Å²) in [5, 5.41) is 4.85. The number of ether oxygens (including phenoxy) is 1. The molecule has 1 heterocycles. The van der Waals surface area contributed by atoms with Crippen LogP contribution in [0.2, 0.25) is 0 Å². The fraction of sp³-hybridized carbons (Fsp3) is 0.0952. The highest BCUT2D eigenvalue weighted by molar-refractivity contribution is 7.10. The summed E-state index contributed by atoms with van der Waals surface area (Å²) < 4.78 is 5.08. The summed E-state index contributed by atoms with van der Waals surface area (Å²) in [7, 11) is 0. The summed E-state index contributed by atoms with van der Waals surface area (Å²) in [6, 6.07) is 19.2. The Labute approximate surface area is 160 Å². The lowest BCUT2D eigenvalue weighted by Crippen LogP contribution is -2.32. The second-order valence-corrected chi connectivity index (χ2v) is 6.72. The van der Waals surface area contributed by atoms with Gasteiger partial charge in [-0.15, -0.1) is 11.3 Å². The first-order chi connectivity index (χ1) is 13.2. The van der Waals surface area contributed by atoms with E-state index in [1.165, 1.54) is 24.3 Å². The van der Waals surface area contributed by atoms with Gasteiger partial charge in [0.25, 0.3) is 5.91 Å². The third-order valence-corrected chi connectivity index (χ3v) is 4.82. The number of rotatable bonds is 7. The van der Waals surface area contributed by atoms with Crippen LogP contribution < -0.4 is 5.32 Å². The van der Waals surface area contributed by atoms with Gasteiger partial charge in [-0.1, -0.05) is 48.5 Å². The fourth-order valence-corrected chi connectivity index (χ4v) is 3.34. The van der Waals surface area contributed by atoms with Gasteiger partial charge in [0.1, 0.15) is 6.29 Å². The first-order valence-electron chi connectivity index (χ1n) is 8.27. The number of thiophene rings is 1. The van der Waals surface area contributed by atoms with Crippen LogP contribution in [-0.4, -0.2) is 24.8 Å². The number of amides is 1. The molecule has 1 aromatic heterocycles. The van der Waals surface area contributed by atoms with Gasteiger partial charge in [0.15, 0.2) is 6.61 Å². The van der Waals surface area contributed by atoms with E-state index in [4.69, 9.17) is 4.74 Å². The quantitative estimate of drug-likeness (QED) is 0.503. The zero-order valence-corrected chi connectivity index (χ0v) is 15.1. The van der Waals surface area contributed by atoms with Crippen molar-refractivity contribution in [3.05, 3.63) is 93.7 Å². The molecule has 0 fully saturated rings. The molecule has 0 spiro atoms. The second-order valence-electron chi connectivity index (χ2n) is 5.74.